The first-order valence-electron chi connectivity index (χ1n) is 5.52. The molecule has 0 bridgehead atoms. The van der Waals surface area contributed by atoms with Gasteiger partial charge in [0.15, 0.2) is 0 Å². The van der Waals surface area contributed by atoms with Gasteiger partial charge >= 0.3 is 6.18 Å². The molecule has 0 aromatic heterocycles. The Morgan fingerprint density at radius 2 is 1.75 bits per heavy atom. The molecule has 16 heavy (non-hydrogen) atoms. The van der Waals surface area contributed by atoms with Crippen LogP contribution in [-0.4, -0.2) is 24.2 Å². The molecule has 0 spiro atoms. The van der Waals surface area contributed by atoms with Gasteiger partial charge in [-0.2, -0.15) is 13.2 Å². The largest absolute Gasteiger partial charge is 0.411 e. The third-order valence-corrected chi connectivity index (χ3v) is 3.22. The van der Waals surface area contributed by atoms with Crippen LogP contribution in [0.3, 0.4) is 0 Å². The molecule has 0 heterocycles. The second kappa shape index (κ2) is 7.54. The Morgan fingerprint density at radius 3 is 2.12 bits per heavy atom. The topological polar surface area (TPSA) is 9.23 Å². The SMILES string of the molecule is CC(C)C(CCCOCC(F)(F)F)C(C)Br. The molecule has 0 saturated heterocycles. The molecule has 0 aromatic rings. The van der Waals surface area contributed by atoms with E-state index in [0.29, 0.717) is 23.1 Å². The predicted octanol–water partition coefficient (Wildman–Crippen LogP) is 4.40. The Bertz CT molecular complexity index is 173. The highest BCUT2D eigenvalue weighted by Gasteiger charge is 2.27. The van der Waals surface area contributed by atoms with Gasteiger partial charge in [-0.1, -0.05) is 36.7 Å². The Kier molecular flexibility index (Phi) is 7.64. The first kappa shape index (κ1) is 16.2. The van der Waals surface area contributed by atoms with Gasteiger partial charge in [0.1, 0.15) is 6.61 Å². The van der Waals surface area contributed by atoms with Crippen LogP contribution >= 0.6 is 15.9 Å². The lowest BCUT2D eigenvalue weighted by Gasteiger charge is -2.23. The summed E-state index contributed by atoms with van der Waals surface area (Å²) >= 11 is 3.52. The molecule has 0 saturated carbocycles. The Morgan fingerprint density at radius 1 is 1.19 bits per heavy atom. The lowest BCUT2D eigenvalue weighted by atomic mass is 9.89. The molecule has 0 aromatic carbocycles. The minimum atomic E-state index is -4.21. The summed E-state index contributed by atoms with van der Waals surface area (Å²) in [6, 6.07) is 0. The number of alkyl halides is 4. The van der Waals surface area contributed by atoms with Gasteiger partial charge in [0.25, 0.3) is 0 Å². The average molecular weight is 305 g/mol. The summed E-state index contributed by atoms with van der Waals surface area (Å²) in [7, 11) is 0. The average Bonchev–Trinajstić information content (AvgIpc) is 2.07. The molecule has 2 unspecified atom stereocenters. The van der Waals surface area contributed by atoms with E-state index in [2.05, 4.69) is 41.4 Å². The second-order valence-electron chi connectivity index (χ2n) is 4.40. The van der Waals surface area contributed by atoms with Crippen molar-refractivity contribution in [3.8, 4) is 0 Å². The van der Waals surface area contributed by atoms with Gasteiger partial charge in [0.05, 0.1) is 0 Å². The molecule has 0 amide bonds. The van der Waals surface area contributed by atoms with Crippen LogP contribution in [0, 0.1) is 11.8 Å². The lowest BCUT2D eigenvalue weighted by Crippen LogP contribution is -2.20. The fourth-order valence-electron chi connectivity index (χ4n) is 1.70. The summed E-state index contributed by atoms with van der Waals surface area (Å²) in [5, 5.41) is 0. The van der Waals surface area contributed by atoms with Gasteiger partial charge in [0, 0.05) is 11.4 Å². The van der Waals surface area contributed by atoms with Crippen molar-refractivity contribution in [2.45, 2.75) is 44.6 Å². The van der Waals surface area contributed by atoms with E-state index in [1.807, 2.05) is 0 Å². The van der Waals surface area contributed by atoms with Crippen LogP contribution in [0.25, 0.3) is 0 Å². The van der Waals surface area contributed by atoms with E-state index in [1.165, 1.54) is 0 Å². The highest BCUT2D eigenvalue weighted by molar-refractivity contribution is 9.09. The van der Waals surface area contributed by atoms with Crippen molar-refractivity contribution in [3.63, 3.8) is 0 Å². The fourth-order valence-corrected chi connectivity index (χ4v) is 2.58. The number of halogens is 4. The summed E-state index contributed by atoms with van der Waals surface area (Å²) in [6.07, 6.45) is -2.64. The van der Waals surface area contributed by atoms with Gasteiger partial charge in [-0.3, -0.25) is 0 Å². The van der Waals surface area contributed by atoms with Crippen LogP contribution in [0.15, 0.2) is 0 Å². The molecule has 0 fully saturated rings. The Hall–Kier alpha value is 0.230. The van der Waals surface area contributed by atoms with E-state index in [0.717, 1.165) is 6.42 Å². The quantitative estimate of drug-likeness (QED) is 0.500. The van der Waals surface area contributed by atoms with Crippen molar-refractivity contribution in [1.82, 2.24) is 0 Å². The molecule has 0 aliphatic heterocycles. The van der Waals surface area contributed by atoms with Crippen LogP contribution < -0.4 is 0 Å². The summed E-state index contributed by atoms with van der Waals surface area (Å²) in [5.74, 6) is 1.01. The van der Waals surface area contributed by atoms with Crippen LogP contribution in [0.4, 0.5) is 13.2 Å². The van der Waals surface area contributed by atoms with Crippen molar-refractivity contribution >= 4 is 15.9 Å². The molecule has 0 aliphatic rings. The maximum absolute atomic E-state index is 11.8. The number of hydrogen-bond donors (Lipinski definition) is 0. The van der Waals surface area contributed by atoms with Crippen molar-refractivity contribution in [2.75, 3.05) is 13.2 Å². The molecule has 0 rings (SSSR count). The van der Waals surface area contributed by atoms with Gasteiger partial charge in [-0.05, 0) is 24.7 Å². The van der Waals surface area contributed by atoms with E-state index >= 15 is 0 Å². The summed E-state index contributed by atoms with van der Waals surface area (Å²) in [6.45, 7) is 5.37. The van der Waals surface area contributed by atoms with Crippen LogP contribution in [0.5, 0.6) is 0 Å². The maximum Gasteiger partial charge on any atom is 0.411 e. The minimum absolute atomic E-state index is 0.183. The molecule has 5 heteroatoms. The van der Waals surface area contributed by atoms with E-state index in [9.17, 15) is 13.2 Å². The second-order valence-corrected chi connectivity index (χ2v) is 5.84. The van der Waals surface area contributed by atoms with Gasteiger partial charge < -0.3 is 4.74 Å². The molecule has 0 N–H and O–H groups in total. The van der Waals surface area contributed by atoms with E-state index in [-0.39, 0.29) is 6.61 Å². The zero-order chi connectivity index (χ0) is 12.8. The van der Waals surface area contributed by atoms with Crippen molar-refractivity contribution in [1.29, 1.82) is 0 Å². The molecular weight excluding hydrogens is 285 g/mol. The van der Waals surface area contributed by atoms with Crippen LogP contribution in [-0.2, 0) is 4.74 Å². The van der Waals surface area contributed by atoms with Crippen molar-refractivity contribution in [3.05, 3.63) is 0 Å². The molecule has 0 radical (unpaired) electrons. The maximum atomic E-state index is 11.8. The Labute approximate surface area is 104 Å². The third-order valence-electron chi connectivity index (χ3n) is 2.54. The first-order valence-corrected chi connectivity index (χ1v) is 6.44. The lowest BCUT2D eigenvalue weighted by molar-refractivity contribution is -0.174. The van der Waals surface area contributed by atoms with Crippen molar-refractivity contribution < 1.29 is 17.9 Å². The van der Waals surface area contributed by atoms with E-state index < -0.39 is 12.8 Å². The first-order chi connectivity index (χ1) is 7.24. The molecular formula is C11H20BrF3O. The van der Waals surface area contributed by atoms with Crippen LogP contribution in [0.2, 0.25) is 0 Å². The van der Waals surface area contributed by atoms with Gasteiger partial charge in [0.2, 0.25) is 0 Å². The normalized spacial score (nSPS) is 16.5. The minimum Gasteiger partial charge on any atom is -0.372 e. The Balaban J connectivity index is 3.64. The predicted molar refractivity (Wildman–Crippen MR) is 62.8 cm³/mol. The molecule has 98 valence electrons. The summed E-state index contributed by atoms with van der Waals surface area (Å²) < 4.78 is 39.9. The van der Waals surface area contributed by atoms with Gasteiger partial charge in [-0.25, -0.2) is 0 Å². The highest BCUT2D eigenvalue weighted by atomic mass is 79.9. The number of rotatable bonds is 7. The van der Waals surface area contributed by atoms with Crippen molar-refractivity contribution in [2.24, 2.45) is 11.8 Å². The third kappa shape index (κ3) is 8.39. The number of hydrogen-bond acceptors (Lipinski definition) is 1. The summed E-state index contributed by atoms with van der Waals surface area (Å²) in [5.41, 5.74) is 0. The molecule has 0 aliphatic carbocycles. The molecule has 2 atom stereocenters. The van der Waals surface area contributed by atoms with Crippen LogP contribution in [0.1, 0.15) is 33.6 Å². The highest BCUT2D eigenvalue weighted by Crippen LogP contribution is 2.26. The zero-order valence-corrected chi connectivity index (χ0v) is 11.6. The zero-order valence-electron chi connectivity index (χ0n) is 9.98. The van der Waals surface area contributed by atoms with Gasteiger partial charge in [-0.15, -0.1) is 0 Å². The molecule has 1 nitrogen and oxygen atoms in total. The fraction of sp³-hybridized carbons (Fsp3) is 1.00. The smallest absolute Gasteiger partial charge is 0.372 e. The van der Waals surface area contributed by atoms with E-state index in [1.54, 1.807) is 0 Å². The summed E-state index contributed by atoms with van der Waals surface area (Å²) in [4.78, 5) is 0.384. The monoisotopic (exact) mass is 304 g/mol. The standard InChI is InChI=1S/C11H20BrF3O/c1-8(2)10(9(3)12)5-4-6-16-7-11(13,14)15/h8-10H,4-7H2,1-3H3. The van der Waals surface area contributed by atoms with E-state index in [4.69, 9.17) is 0 Å². The number of ether oxygens (including phenoxy) is 1.